The fraction of sp³-hybridized carbons (Fsp3) is 0.500. The van der Waals surface area contributed by atoms with Gasteiger partial charge in [-0.25, -0.2) is 0 Å². The summed E-state index contributed by atoms with van der Waals surface area (Å²) >= 11 is 0. The van der Waals surface area contributed by atoms with Crippen LogP contribution in [0.4, 0.5) is 0 Å². The highest BCUT2D eigenvalue weighted by molar-refractivity contribution is 5.84. The van der Waals surface area contributed by atoms with E-state index >= 15 is 0 Å². The molecule has 1 aromatic carbocycles. The number of nitrogens with two attached hydrogens (primary N) is 1. The van der Waals surface area contributed by atoms with Crippen LogP contribution < -0.4 is 5.73 Å². The van der Waals surface area contributed by atoms with Crippen molar-refractivity contribution < 1.29 is 4.79 Å². The molecule has 1 atom stereocenters. The highest BCUT2D eigenvalue weighted by Gasteiger charge is 2.16. The maximum Gasteiger partial charge on any atom is 0.150 e. The summed E-state index contributed by atoms with van der Waals surface area (Å²) < 4.78 is 0. The molecule has 2 nitrogen and oxygen atoms in total. The van der Waals surface area contributed by atoms with Crippen molar-refractivity contribution in [3.63, 3.8) is 0 Å². The normalized spacial score (nSPS) is 12.8. The minimum atomic E-state index is -0.314. The fourth-order valence-corrected chi connectivity index (χ4v) is 1.56. The zero-order chi connectivity index (χ0) is 12.1. The van der Waals surface area contributed by atoms with Crippen molar-refractivity contribution in [1.82, 2.24) is 0 Å². The van der Waals surface area contributed by atoms with Gasteiger partial charge in [0.05, 0.1) is 6.04 Å². The van der Waals surface area contributed by atoms with Crippen molar-refractivity contribution in [3.05, 3.63) is 35.4 Å². The first kappa shape index (κ1) is 12.9. The summed E-state index contributed by atoms with van der Waals surface area (Å²) in [5.74, 6) is 0.390. The molecular weight excluding hydrogens is 198 g/mol. The minimum Gasteiger partial charge on any atom is -0.321 e. The number of benzene rings is 1. The molecule has 0 spiro atoms. The van der Waals surface area contributed by atoms with E-state index in [1.165, 1.54) is 11.1 Å². The Morgan fingerprint density at radius 3 is 2.31 bits per heavy atom. The van der Waals surface area contributed by atoms with Gasteiger partial charge in [-0.1, -0.05) is 43.7 Å². The van der Waals surface area contributed by atoms with Gasteiger partial charge in [0.1, 0.15) is 5.78 Å². The molecule has 1 unspecified atom stereocenters. The van der Waals surface area contributed by atoms with Crippen molar-refractivity contribution in [3.8, 4) is 0 Å². The molecule has 0 heterocycles. The van der Waals surface area contributed by atoms with Gasteiger partial charge >= 0.3 is 0 Å². The summed E-state index contributed by atoms with van der Waals surface area (Å²) in [4.78, 5) is 11.7. The predicted octanol–water partition coefficient (Wildman–Crippen LogP) is 2.48. The van der Waals surface area contributed by atoms with Crippen LogP contribution in [0, 0.1) is 12.8 Å². The molecule has 0 fully saturated rings. The molecule has 1 rings (SSSR count). The zero-order valence-corrected chi connectivity index (χ0v) is 10.4. The topological polar surface area (TPSA) is 43.1 Å². The molecule has 0 radical (unpaired) electrons. The Labute approximate surface area is 97.9 Å². The lowest BCUT2D eigenvalue weighted by molar-refractivity contribution is -0.121. The third kappa shape index (κ3) is 3.78. The van der Waals surface area contributed by atoms with E-state index in [0.717, 1.165) is 6.42 Å². The van der Waals surface area contributed by atoms with Crippen molar-refractivity contribution in [2.45, 2.75) is 39.7 Å². The molecule has 0 saturated heterocycles. The van der Waals surface area contributed by atoms with Gasteiger partial charge in [0.25, 0.3) is 0 Å². The Bertz CT molecular complexity index is 340. The Morgan fingerprint density at radius 2 is 1.81 bits per heavy atom. The molecule has 0 bridgehead atoms. The fourth-order valence-electron chi connectivity index (χ4n) is 1.56. The average Bonchev–Trinajstić information content (AvgIpc) is 2.26. The molecule has 2 heteroatoms. The molecule has 0 amide bonds. The Kier molecular flexibility index (Phi) is 4.69. The summed E-state index contributed by atoms with van der Waals surface area (Å²) in [7, 11) is 0. The highest BCUT2D eigenvalue weighted by atomic mass is 16.1. The Balaban J connectivity index is 2.46. The Morgan fingerprint density at radius 1 is 1.25 bits per heavy atom. The molecule has 0 aliphatic heterocycles. The number of hydrogen-bond donors (Lipinski definition) is 1. The molecule has 0 aliphatic carbocycles. The number of ketones is 1. The first-order valence-electron chi connectivity index (χ1n) is 5.84. The summed E-state index contributed by atoms with van der Waals surface area (Å²) in [5, 5.41) is 0. The van der Waals surface area contributed by atoms with E-state index in [1.807, 2.05) is 13.8 Å². The van der Waals surface area contributed by atoms with Crippen molar-refractivity contribution >= 4 is 5.78 Å². The van der Waals surface area contributed by atoms with Crippen LogP contribution in [0.15, 0.2) is 24.3 Å². The summed E-state index contributed by atoms with van der Waals surface area (Å²) in [6, 6.07) is 7.97. The van der Waals surface area contributed by atoms with Crippen molar-refractivity contribution in [2.24, 2.45) is 11.7 Å². The maximum absolute atomic E-state index is 11.7. The molecule has 2 N–H and O–H groups in total. The second-order valence-corrected chi connectivity index (χ2v) is 4.72. The number of hydrogen-bond acceptors (Lipinski definition) is 2. The van der Waals surface area contributed by atoms with Gasteiger partial charge in [-0.05, 0) is 24.8 Å². The van der Waals surface area contributed by atoms with Crippen LogP contribution in [-0.4, -0.2) is 11.8 Å². The van der Waals surface area contributed by atoms with Gasteiger partial charge in [0.2, 0.25) is 0 Å². The number of rotatable bonds is 5. The monoisotopic (exact) mass is 219 g/mol. The molecule has 16 heavy (non-hydrogen) atoms. The molecular formula is C14H21NO. The van der Waals surface area contributed by atoms with Crippen LogP contribution in [0.2, 0.25) is 0 Å². The number of carbonyl (C=O) groups is 1. The predicted molar refractivity (Wildman–Crippen MR) is 67.3 cm³/mol. The number of carbonyl (C=O) groups excluding carboxylic acids is 1. The number of Topliss-reactive ketones (excluding diaryl/α,β-unsaturated/α-hetero) is 1. The maximum atomic E-state index is 11.7. The molecule has 1 aromatic rings. The quantitative estimate of drug-likeness (QED) is 0.826. The van der Waals surface area contributed by atoms with Crippen molar-refractivity contribution in [1.29, 1.82) is 0 Å². The third-order valence-corrected chi connectivity index (χ3v) is 2.87. The summed E-state index contributed by atoms with van der Waals surface area (Å²) in [5.41, 5.74) is 8.25. The van der Waals surface area contributed by atoms with Gasteiger partial charge in [-0.15, -0.1) is 0 Å². The second kappa shape index (κ2) is 5.80. The van der Waals surface area contributed by atoms with Crippen LogP contribution in [0.1, 0.15) is 31.4 Å². The lowest BCUT2D eigenvalue weighted by atomic mass is 9.96. The van der Waals surface area contributed by atoms with Gasteiger partial charge in [-0.2, -0.15) is 0 Å². The molecule has 0 aliphatic rings. The lowest BCUT2D eigenvalue weighted by Gasteiger charge is -2.13. The van der Waals surface area contributed by atoms with Crippen molar-refractivity contribution in [2.75, 3.05) is 0 Å². The van der Waals surface area contributed by atoms with Gasteiger partial charge in [0.15, 0.2) is 0 Å². The smallest absolute Gasteiger partial charge is 0.150 e. The van der Waals surface area contributed by atoms with Crippen LogP contribution in [0.25, 0.3) is 0 Å². The van der Waals surface area contributed by atoms with Gasteiger partial charge < -0.3 is 5.73 Å². The Hall–Kier alpha value is -1.15. The van der Waals surface area contributed by atoms with Crippen LogP contribution in [0.3, 0.4) is 0 Å². The average molecular weight is 219 g/mol. The highest BCUT2D eigenvalue weighted by Crippen LogP contribution is 2.08. The first-order chi connectivity index (χ1) is 7.50. The summed E-state index contributed by atoms with van der Waals surface area (Å²) in [6.07, 6.45) is 1.34. The SMILES string of the molecule is Cc1ccc(CCC(=O)C(N)C(C)C)cc1. The van der Waals surface area contributed by atoms with Gasteiger partial charge in [0, 0.05) is 6.42 Å². The summed E-state index contributed by atoms with van der Waals surface area (Å²) in [6.45, 7) is 6.02. The van der Waals surface area contributed by atoms with E-state index in [-0.39, 0.29) is 17.7 Å². The lowest BCUT2D eigenvalue weighted by Crippen LogP contribution is -2.35. The molecule has 0 saturated carbocycles. The molecule has 0 aromatic heterocycles. The number of aryl methyl sites for hydroxylation is 2. The molecule has 88 valence electrons. The van der Waals surface area contributed by atoms with Gasteiger partial charge in [-0.3, -0.25) is 4.79 Å². The minimum absolute atomic E-state index is 0.163. The van der Waals surface area contributed by atoms with Crippen LogP contribution >= 0.6 is 0 Å². The van der Waals surface area contributed by atoms with Crippen LogP contribution in [0.5, 0.6) is 0 Å². The second-order valence-electron chi connectivity index (χ2n) is 4.72. The van der Waals surface area contributed by atoms with Crippen LogP contribution in [-0.2, 0) is 11.2 Å². The van der Waals surface area contributed by atoms with E-state index in [4.69, 9.17) is 5.73 Å². The van der Waals surface area contributed by atoms with E-state index < -0.39 is 0 Å². The largest absolute Gasteiger partial charge is 0.321 e. The van der Waals surface area contributed by atoms with E-state index in [2.05, 4.69) is 31.2 Å². The van der Waals surface area contributed by atoms with E-state index in [9.17, 15) is 4.79 Å². The standard InChI is InChI=1S/C14H21NO/c1-10(2)14(15)13(16)9-8-12-6-4-11(3)5-7-12/h4-7,10,14H,8-9,15H2,1-3H3. The zero-order valence-electron chi connectivity index (χ0n) is 10.4. The van der Waals surface area contributed by atoms with E-state index in [0.29, 0.717) is 6.42 Å². The van der Waals surface area contributed by atoms with E-state index in [1.54, 1.807) is 0 Å². The first-order valence-corrected chi connectivity index (χ1v) is 5.84. The third-order valence-electron chi connectivity index (χ3n) is 2.87.